The van der Waals surface area contributed by atoms with Gasteiger partial charge in [-0.25, -0.2) is 9.59 Å². The van der Waals surface area contributed by atoms with Crippen molar-refractivity contribution in [2.24, 2.45) is 0 Å². The fraction of sp³-hybridized carbons (Fsp3) is 0.526. The van der Waals surface area contributed by atoms with E-state index in [4.69, 9.17) is 4.74 Å². The minimum absolute atomic E-state index is 0.145. The minimum Gasteiger partial charge on any atom is -0.420 e. The number of fused-ring (bicyclic) bond motifs is 1. The Morgan fingerprint density at radius 3 is 2.00 bits per heavy atom. The number of unbranched alkanes of at least 4 members (excludes halogenated alkanes) is 5. The van der Waals surface area contributed by atoms with Gasteiger partial charge in [-0.15, -0.1) is 0 Å². The van der Waals surface area contributed by atoms with Crippen molar-refractivity contribution in [3.05, 3.63) is 35.4 Å². The average molecular weight is 332 g/mol. The van der Waals surface area contributed by atoms with Crippen LogP contribution in [0.1, 0.15) is 73.1 Å². The van der Waals surface area contributed by atoms with Gasteiger partial charge in [-0.05, 0) is 31.9 Å². The maximum atomic E-state index is 12.9. The second kappa shape index (κ2) is 8.20. The summed E-state index contributed by atoms with van der Waals surface area (Å²) < 4.78 is 4.24. The van der Waals surface area contributed by atoms with Gasteiger partial charge in [-0.1, -0.05) is 49.2 Å². The molecule has 0 aromatic heterocycles. The third kappa shape index (κ3) is 3.26. The Bertz CT molecular complexity index is 589. The number of carbonyl (C=O) groups is 3. The molecule has 0 saturated carbocycles. The van der Waals surface area contributed by atoms with E-state index in [1.165, 1.54) is 6.42 Å². The van der Waals surface area contributed by atoms with E-state index in [0.29, 0.717) is 17.5 Å². The van der Waals surface area contributed by atoms with Crippen LogP contribution in [-0.4, -0.2) is 35.5 Å². The first kappa shape index (κ1) is 18.3. The Labute approximate surface area is 143 Å². The van der Waals surface area contributed by atoms with E-state index in [2.05, 4.69) is 6.92 Å². The van der Waals surface area contributed by atoms with Gasteiger partial charge < -0.3 is 4.74 Å². The molecule has 3 amide bonds. The van der Waals surface area contributed by atoms with E-state index < -0.39 is 22.4 Å². The lowest BCUT2D eigenvalue weighted by atomic mass is 10.1. The summed E-state index contributed by atoms with van der Waals surface area (Å²) in [7, 11) is 0. The molecule has 0 atom stereocenters. The third-order valence-electron chi connectivity index (χ3n) is 4.51. The molecule has 0 aliphatic carbocycles. The zero-order chi connectivity index (χ0) is 17.6. The average Bonchev–Trinajstić information content (AvgIpc) is 2.81. The Balaban J connectivity index is 2.19. The molecular formula is C19H26NO4+. The smallest absolute Gasteiger partial charge is 0.420 e. The van der Waals surface area contributed by atoms with E-state index in [-0.39, 0.29) is 13.2 Å². The van der Waals surface area contributed by atoms with Crippen LogP contribution in [0.3, 0.4) is 0 Å². The summed E-state index contributed by atoms with van der Waals surface area (Å²) in [6.07, 6.45) is 5.32. The van der Waals surface area contributed by atoms with Crippen LogP contribution >= 0.6 is 0 Å². The number of hydrogen-bond donors (Lipinski definition) is 0. The molecule has 24 heavy (non-hydrogen) atoms. The van der Waals surface area contributed by atoms with Crippen molar-refractivity contribution in [2.45, 2.75) is 52.4 Å². The van der Waals surface area contributed by atoms with Crippen LogP contribution in [0.5, 0.6) is 0 Å². The molecular weight excluding hydrogens is 306 g/mol. The van der Waals surface area contributed by atoms with Gasteiger partial charge in [0, 0.05) is 0 Å². The van der Waals surface area contributed by atoms with Gasteiger partial charge in [0.2, 0.25) is 0 Å². The number of rotatable bonds is 8. The van der Waals surface area contributed by atoms with Crippen molar-refractivity contribution < 1.29 is 23.6 Å². The van der Waals surface area contributed by atoms with Crippen molar-refractivity contribution >= 4 is 17.9 Å². The zero-order valence-electron chi connectivity index (χ0n) is 14.5. The van der Waals surface area contributed by atoms with Gasteiger partial charge in [0.1, 0.15) is 6.54 Å². The van der Waals surface area contributed by atoms with Gasteiger partial charge in [0.25, 0.3) is 0 Å². The van der Waals surface area contributed by atoms with E-state index in [9.17, 15) is 14.4 Å². The topological polar surface area (TPSA) is 60.4 Å². The van der Waals surface area contributed by atoms with E-state index in [0.717, 1.165) is 25.7 Å². The summed E-state index contributed by atoms with van der Waals surface area (Å²) in [6, 6.07) is 6.63. The SMILES string of the molecule is CCCCCCCC[N+]1(C(=O)OCC)C(=O)c2ccccc2C1=O. The second-order valence-corrected chi connectivity index (χ2v) is 6.16. The monoisotopic (exact) mass is 332 g/mol. The molecule has 1 heterocycles. The molecule has 0 spiro atoms. The molecule has 0 unspecified atom stereocenters. The fourth-order valence-electron chi connectivity index (χ4n) is 3.18. The molecule has 5 heteroatoms. The van der Waals surface area contributed by atoms with E-state index >= 15 is 0 Å². The standard InChI is InChI=1S/C19H26NO4/c1-3-5-6-7-8-11-14-20(19(23)24-4-2)17(21)15-12-9-10-13-16(15)18(20)22/h9-10,12-13H,3-8,11,14H2,1-2H3/q+1. The van der Waals surface area contributed by atoms with Crippen molar-refractivity contribution in [3.8, 4) is 0 Å². The number of nitrogens with zero attached hydrogens (tertiary/aromatic N) is 1. The predicted octanol–water partition coefficient (Wildman–Crippen LogP) is 4.31. The maximum absolute atomic E-state index is 12.9. The molecule has 1 aliphatic rings. The van der Waals surface area contributed by atoms with Crippen LogP contribution in [0, 0.1) is 0 Å². The van der Waals surface area contributed by atoms with Crippen molar-refractivity contribution in [1.82, 2.24) is 0 Å². The van der Waals surface area contributed by atoms with E-state index in [1.54, 1.807) is 31.2 Å². The summed E-state index contributed by atoms with van der Waals surface area (Å²) in [4.78, 5) is 38.3. The number of carbonyl (C=O) groups excluding carboxylic acids is 3. The van der Waals surface area contributed by atoms with E-state index in [1.807, 2.05) is 0 Å². The van der Waals surface area contributed by atoms with Crippen LogP contribution in [0.2, 0.25) is 0 Å². The highest BCUT2D eigenvalue weighted by Gasteiger charge is 2.60. The summed E-state index contributed by atoms with van der Waals surface area (Å²) in [5.41, 5.74) is 0.642. The molecule has 0 fully saturated rings. The highest BCUT2D eigenvalue weighted by atomic mass is 16.6. The van der Waals surface area contributed by atoms with Crippen LogP contribution in [0.25, 0.3) is 0 Å². The Morgan fingerprint density at radius 1 is 0.917 bits per heavy atom. The first-order chi connectivity index (χ1) is 11.6. The zero-order valence-corrected chi connectivity index (χ0v) is 14.5. The summed E-state index contributed by atoms with van der Waals surface area (Å²) in [5.74, 6) is -0.912. The van der Waals surface area contributed by atoms with Crippen molar-refractivity contribution in [3.63, 3.8) is 0 Å². The number of quaternary nitrogens is 1. The summed E-state index contributed by atoms with van der Waals surface area (Å²) >= 11 is 0. The largest absolute Gasteiger partial charge is 0.531 e. The van der Waals surface area contributed by atoms with Gasteiger partial charge >= 0.3 is 17.9 Å². The van der Waals surface area contributed by atoms with Crippen LogP contribution < -0.4 is 0 Å². The molecule has 130 valence electrons. The molecule has 1 aliphatic heterocycles. The van der Waals surface area contributed by atoms with Gasteiger partial charge in [-0.2, -0.15) is 4.79 Å². The van der Waals surface area contributed by atoms with Gasteiger partial charge in [0.15, 0.2) is 0 Å². The number of amides is 3. The van der Waals surface area contributed by atoms with Crippen LogP contribution in [-0.2, 0) is 4.74 Å². The normalized spacial score (nSPS) is 15.4. The Morgan fingerprint density at radius 2 is 1.46 bits per heavy atom. The number of ether oxygens (including phenoxy) is 1. The quantitative estimate of drug-likeness (QED) is 0.404. The molecule has 1 aromatic rings. The van der Waals surface area contributed by atoms with Crippen molar-refractivity contribution in [1.29, 1.82) is 0 Å². The summed E-state index contributed by atoms with van der Waals surface area (Å²) in [5, 5.41) is 0. The molecule has 0 bridgehead atoms. The Hall–Kier alpha value is -2.01. The van der Waals surface area contributed by atoms with Crippen LogP contribution in [0.15, 0.2) is 24.3 Å². The molecule has 5 nitrogen and oxygen atoms in total. The molecule has 0 radical (unpaired) electrons. The summed E-state index contributed by atoms with van der Waals surface area (Å²) in [6.45, 7) is 4.15. The molecule has 2 rings (SSSR count). The maximum Gasteiger partial charge on any atom is 0.531 e. The lowest BCUT2D eigenvalue weighted by Gasteiger charge is -2.24. The minimum atomic E-state index is -0.846. The molecule has 0 N–H and O–H groups in total. The third-order valence-corrected chi connectivity index (χ3v) is 4.51. The van der Waals surface area contributed by atoms with Gasteiger partial charge in [-0.3, -0.25) is 0 Å². The highest BCUT2D eigenvalue weighted by molar-refractivity contribution is 6.18. The lowest BCUT2D eigenvalue weighted by Crippen LogP contribution is -2.57. The second-order valence-electron chi connectivity index (χ2n) is 6.16. The number of imide groups is 3. The first-order valence-electron chi connectivity index (χ1n) is 8.83. The first-order valence-corrected chi connectivity index (χ1v) is 8.83. The van der Waals surface area contributed by atoms with Crippen LogP contribution in [0.4, 0.5) is 4.79 Å². The van der Waals surface area contributed by atoms with Crippen molar-refractivity contribution in [2.75, 3.05) is 13.2 Å². The van der Waals surface area contributed by atoms with Gasteiger partial charge in [0.05, 0.1) is 17.7 Å². The fourth-order valence-corrected chi connectivity index (χ4v) is 3.18. The Kier molecular flexibility index (Phi) is 6.26. The number of benzene rings is 1. The molecule has 0 saturated heterocycles. The highest BCUT2D eigenvalue weighted by Crippen LogP contribution is 2.32. The number of hydrogen-bond acceptors (Lipinski definition) is 4. The molecule has 1 aromatic carbocycles. The predicted molar refractivity (Wildman–Crippen MR) is 90.6 cm³/mol. The lowest BCUT2D eigenvalue weighted by molar-refractivity contribution is -0.687.